The highest BCUT2D eigenvalue weighted by molar-refractivity contribution is 7.17. The molecule has 0 saturated heterocycles. The summed E-state index contributed by atoms with van der Waals surface area (Å²) in [6, 6.07) is 1.73. The lowest BCUT2D eigenvalue weighted by Crippen LogP contribution is -2.39. The van der Waals surface area contributed by atoms with Crippen LogP contribution in [0.2, 0.25) is 0 Å². The zero-order chi connectivity index (χ0) is 16.6. The minimum Gasteiger partial charge on any atom is -0.506 e. The first-order chi connectivity index (χ1) is 10.8. The van der Waals surface area contributed by atoms with Gasteiger partial charge in [-0.25, -0.2) is 4.79 Å². The van der Waals surface area contributed by atoms with Gasteiger partial charge in [0.1, 0.15) is 11.4 Å². The number of rotatable bonds is 1. The predicted molar refractivity (Wildman–Crippen MR) is 91.7 cm³/mol. The number of fused-ring (bicyclic) bond motifs is 1. The highest BCUT2D eigenvalue weighted by Crippen LogP contribution is 2.34. The first-order valence-corrected chi connectivity index (χ1v) is 8.45. The molecule has 1 aliphatic rings. The summed E-state index contributed by atoms with van der Waals surface area (Å²) in [5.74, 6) is 0.180. The molecule has 0 fully saturated rings. The van der Waals surface area contributed by atoms with E-state index in [0.29, 0.717) is 13.1 Å². The van der Waals surface area contributed by atoms with Gasteiger partial charge in [0.2, 0.25) is 0 Å². The van der Waals surface area contributed by atoms with Gasteiger partial charge in [0.15, 0.2) is 0 Å². The summed E-state index contributed by atoms with van der Waals surface area (Å²) < 4.78 is 6.37. The third kappa shape index (κ3) is 3.47. The lowest BCUT2D eigenvalue weighted by atomic mass is 10.0. The van der Waals surface area contributed by atoms with Crippen LogP contribution < -0.4 is 0 Å². The van der Waals surface area contributed by atoms with Crippen LogP contribution >= 0.6 is 11.3 Å². The molecule has 3 heterocycles. The first-order valence-electron chi connectivity index (χ1n) is 7.57. The number of hydrogen-bond donors (Lipinski definition) is 1. The second kappa shape index (κ2) is 5.85. The normalized spacial score (nSPS) is 15.6. The van der Waals surface area contributed by atoms with E-state index in [4.69, 9.17) is 4.74 Å². The summed E-state index contributed by atoms with van der Waals surface area (Å²) in [6.45, 7) is 6.79. The number of carbonyl (C=O) groups excluding carboxylic acids is 1. The van der Waals surface area contributed by atoms with Crippen molar-refractivity contribution in [3.05, 3.63) is 29.3 Å². The number of nitrogens with zero attached hydrogens (tertiary/aromatic N) is 2. The maximum Gasteiger partial charge on any atom is 0.410 e. The van der Waals surface area contributed by atoms with Crippen LogP contribution in [0.3, 0.4) is 0 Å². The van der Waals surface area contributed by atoms with Crippen molar-refractivity contribution >= 4 is 33.2 Å². The summed E-state index contributed by atoms with van der Waals surface area (Å²) in [5.41, 5.74) is 2.71. The summed E-state index contributed by atoms with van der Waals surface area (Å²) in [6.07, 6.45) is 4.03. The lowest BCUT2D eigenvalue weighted by molar-refractivity contribution is 0.0270. The van der Waals surface area contributed by atoms with Crippen LogP contribution in [0.25, 0.3) is 15.8 Å². The molecule has 5 nitrogen and oxygen atoms in total. The van der Waals surface area contributed by atoms with Gasteiger partial charge in [-0.3, -0.25) is 4.98 Å². The highest BCUT2D eigenvalue weighted by atomic mass is 32.1. The van der Waals surface area contributed by atoms with Crippen molar-refractivity contribution in [3.63, 3.8) is 0 Å². The Kier molecular flexibility index (Phi) is 4.02. The molecule has 1 N–H and O–H groups in total. The molecule has 2 aromatic rings. The van der Waals surface area contributed by atoms with E-state index >= 15 is 0 Å². The van der Waals surface area contributed by atoms with Crippen LogP contribution in [0.1, 0.15) is 32.8 Å². The molecular weight excluding hydrogens is 312 g/mol. The van der Waals surface area contributed by atoms with E-state index in [9.17, 15) is 9.90 Å². The van der Waals surface area contributed by atoms with Crippen LogP contribution in [0.15, 0.2) is 23.7 Å². The molecule has 2 aromatic heterocycles. The van der Waals surface area contributed by atoms with Crippen LogP contribution in [0, 0.1) is 0 Å². The van der Waals surface area contributed by atoms with Crippen molar-refractivity contribution < 1.29 is 14.6 Å². The number of ether oxygens (including phenoxy) is 1. The van der Waals surface area contributed by atoms with Crippen molar-refractivity contribution in [2.45, 2.75) is 32.8 Å². The second-order valence-electron chi connectivity index (χ2n) is 6.60. The number of aromatic hydroxyl groups is 1. The molecule has 0 atom stereocenters. The monoisotopic (exact) mass is 332 g/mol. The lowest BCUT2D eigenvalue weighted by Gasteiger charge is -2.29. The SMILES string of the molecule is CC(C)(C)OC(=O)N1CC=C(c2csc3cc(O)cnc23)CC1. The van der Waals surface area contributed by atoms with Crippen LogP contribution in [-0.4, -0.2) is 39.8 Å². The van der Waals surface area contributed by atoms with Crippen molar-refractivity contribution in [1.29, 1.82) is 0 Å². The maximum absolute atomic E-state index is 12.1. The van der Waals surface area contributed by atoms with Crippen molar-refractivity contribution in [3.8, 4) is 5.75 Å². The van der Waals surface area contributed by atoms with E-state index < -0.39 is 5.60 Å². The molecule has 6 heteroatoms. The summed E-state index contributed by atoms with van der Waals surface area (Å²) >= 11 is 1.57. The fourth-order valence-corrected chi connectivity index (χ4v) is 3.51. The van der Waals surface area contributed by atoms with E-state index in [1.807, 2.05) is 20.8 Å². The smallest absolute Gasteiger partial charge is 0.410 e. The predicted octanol–water partition coefficient (Wildman–Crippen LogP) is 4.03. The average molecular weight is 332 g/mol. The van der Waals surface area contributed by atoms with Gasteiger partial charge in [-0.1, -0.05) is 6.08 Å². The topological polar surface area (TPSA) is 62.7 Å². The molecular formula is C17H20N2O3S. The Morgan fingerprint density at radius 1 is 1.43 bits per heavy atom. The van der Waals surface area contributed by atoms with E-state index in [1.54, 1.807) is 22.3 Å². The van der Waals surface area contributed by atoms with Crippen molar-refractivity contribution in [2.24, 2.45) is 0 Å². The number of hydrogen-bond acceptors (Lipinski definition) is 5. The van der Waals surface area contributed by atoms with Gasteiger partial charge in [-0.15, -0.1) is 11.3 Å². The third-order valence-electron chi connectivity index (χ3n) is 3.60. The highest BCUT2D eigenvalue weighted by Gasteiger charge is 2.24. The Hall–Kier alpha value is -2.08. The fraction of sp³-hybridized carbons (Fsp3) is 0.412. The number of thiophene rings is 1. The van der Waals surface area contributed by atoms with Gasteiger partial charge in [-0.05, 0) is 32.8 Å². The third-order valence-corrected chi connectivity index (χ3v) is 4.52. The number of carbonyl (C=O) groups is 1. The van der Waals surface area contributed by atoms with Gasteiger partial charge >= 0.3 is 6.09 Å². The molecule has 3 rings (SSSR count). The second-order valence-corrected chi connectivity index (χ2v) is 7.51. The zero-order valence-corrected chi connectivity index (χ0v) is 14.3. The van der Waals surface area contributed by atoms with Crippen LogP contribution in [0.4, 0.5) is 4.79 Å². The average Bonchev–Trinajstić information content (AvgIpc) is 2.88. The first kappa shape index (κ1) is 15.8. The number of pyridine rings is 1. The molecule has 0 unspecified atom stereocenters. The quantitative estimate of drug-likeness (QED) is 0.856. The van der Waals surface area contributed by atoms with E-state index in [-0.39, 0.29) is 11.8 Å². The zero-order valence-electron chi connectivity index (χ0n) is 13.5. The standard InChI is InChI=1S/C17H20N2O3S/c1-17(2,3)22-16(21)19-6-4-11(5-7-19)13-10-23-14-8-12(20)9-18-15(13)14/h4,8-10,20H,5-7H2,1-3H3. The Morgan fingerprint density at radius 2 is 2.22 bits per heavy atom. The minimum atomic E-state index is -0.476. The minimum absolute atomic E-state index is 0.180. The van der Waals surface area contributed by atoms with Crippen LogP contribution in [-0.2, 0) is 4.74 Å². The van der Waals surface area contributed by atoms with Crippen molar-refractivity contribution in [1.82, 2.24) is 9.88 Å². The van der Waals surface area contributed by atoms with Gasteiger partial charge < -0.3 is 14.7 Å². The van der Waals surface area contributed by atoms with Gasteiger partial charge in [0, 0.05) is 30.1 Å². The van der Waals surface area contributed by atoms with Gasteiger partial charge in [0.25, 0.3) is 0 Å². The number of amides is 1. The van der Waals surface area contributed by atoms with Gasteiger partial charge in [-0.2, -0.15) is 0 Å². The molecule has 0 saturated carbocycles. The molecule has 23 heavy (non-hydrogen) atoms. The van der Waals surface area contributed by atoms with E-state index in [1.165, 1.54) is 11.8 Å². The summed E-state index contributed by atoms with van der Waals surface area (Å²) in [4.78, 5) is 18.1. The Balaban J connectivity index is 1.77. The molecule has 122 valence electrons. The molecule has 0 aliphatic carbocycles. The molecule has 0 spiro atoms. The molecule has 1 aliphatic heterocycles. The fourth-order valence-electron chi connectivity index (χ4n) is 2.54. The number of aromatic nitrogens is 1. The molecule has 0 bridgehead atoms. The summed E-state index contributed by atoms with van der Waals surface area (Å²) in [7, 11) is 0. The van der Waals surface area contributed by atoms with Gasteiger partial charge in [0.05, 0.1) is 16.4 Å². The Bertz CT molecular complexity index is 774. The van der Waals surface area contributed by atoms with E-state index in [2.05, 4.69) is 16.4 Å². The van der Waals surface area contributed by atoms with E-state index in [0.717, 1.165) is 22.2 Å². The molecule has 1 amide bonds. The Morgan fingerprint density at radius 3 is 2.87 bits per heavy atom. The molecule has 0 aromatic carbocycles. The van der Waals surface area contributed by atoms with Crippen LogP contribution in [0.5, 0.6) is 5.75 Å². The largest absolute Gasteiger partial charge is 0.506 e. The van der Waals surface area contributed by atoms with Crippen molar-refractivity contribution in [2.75, 3.05) is 13.1 Å². The molecule has 0 radical (unpaired) electrons. The summed E-state index contributed by atoms with van der Waals surface area (Å²) in [5, 5.41) is 11.6. The Labute approximate surface area is 139 Å². The maximum atomic E-state index is 12.1.